The fourth-order valence-electron chi connectivity index (χ4n) is 1.85. The van der Waals surface area contributed by atoms with Gasteiger partial charge in [0, 0.05) is 22.5 Å². The fourth-order valence-corrected chi connectivity index (χ4v) is 2.66. The summed E-state index contributed by atoms with van der Waals surface area (Å²) in [6.07, 6.45) is 0. The van der Waals surface area contributed by atoms with Gasteiger partial charge < -0.3 is 5.32 Å². The van der Waals surface area contributed by atoms with Gasteiger partial charge in [-0.15, -0.1) is 0 Å². The Bertz CT molecular complexity index is 599. The SMILES string of the molecule is CC(C)c1nc(Br)cc(NC(C)c2cccc(Br)c2)n1. The van der Waals surface area contributed by atoms with E-state index in [9.17, 15) is 0 Å². The molecule has 0 bridgehead atoms. The Morgan fingerprint density at radius 1 is 1.05 bits per heavy atom. The maximum Gasteiger partial charge on any atom is 0.134 e. The Morgan fingerprint density at radius 2 is 1.80 bits per heavy atom. The summed E-state index contributed by atoms with van der Waals surface area (Å²) in [6.45, 7) is 6.29. The zero-order valence-electron chi connectivity index (χ0n) is 11.7. The second kappa shape index (κ2) is 6.68. The van der Waals surface area contributed by atoms with Crippen LogP contribution >= 0.6 is 31.9 Å². The largest absolute Gasteiger partial charge is 0.363 e. The van der Waals surface area contributed by atoms with Gasteiger partial charge in [0.15, 0.2) is 0 Å². The van der Waals surface area contributed by atoms with Gasteiger partial charge in [-0.3, -0.25) is 0 Å². The predicted molar refractivity (Wildman–Crippen MR) is 90.0 cm³/mol. The first-order chi connectivity index (χ1) is 9.45. The molecule has 1 atom stereocenters. The van der Waals surface area contributed by atoms with Gasteiger partial charge in [0.25, 0.3) is 0 Å². The van der Waals surface area contributed by atoms with E-state index < -0.39 is 0 Å². The number of aromatic nitrogens is 2. The lowest BCUT2D eigenvalue weighted by molar-refractivity contribution is 0.763. The van der Waals surface area contributed by atoms with E-state index in [4.69, 9.17) is 0 Å². The highest BCUT2D eigenvalue weighted by atomic mass is 79.9. The molecule has 0 saturated heterocycles. The second-order valence-corrected chi connectivity index (χ2v) is 6.74. The van der Waals surface area contributed by atoms with Gasteiger partial charge in [-0.25, -0.2) is 9.97 Å². The lowest BCUT2D eigenvalue weighted by atomic mass is 10.1. The minimum atomic E-state index is 0.175. The van der Waals surface area contributed by atoms with Crippen molar-refractivity contribution in [1.82, 2.24) is 9.97 Å². The van der Waals surface area contributed by atoms with E-state index in [1.807, 2.05) is 18.2 Å². The molecule has 0 aliphatic heterocycles. The Labute approximate surface area is 136 Å². The van der Waals surface area contributed by atoms with Crippen LogP contribution in [-0.2, 0) is 0 Å². The van der Waals surface area contributed by atoms with Crippen LogP contribution in [0.25, 0.3) is 0 Å². The molecule has 0 fully saturated rings. The number of hydrogen-bond acceptors (Lipinski definition) is 3. The molecule has 106 valence electrons. The van der Waals surface area contributed by atoms with E-state index >= 15 is 0 Å². The van der Waals surface area contributed by atoms with Crippen molar-refractivity contribution >= 4 is 37.7 Å². The number of nitrogens with one attached hydrogen (secondary N) is 1. The molecule has 1 N–H and O–H groups in total. The highest BCUT2D eigenvalue weighted by molar-refractivity contribution is 9.10. The molecule has 0 amide bonds. The topological polar surface area (TPSA) is 37.8 Å². The van der Waals surface area contributed by atoms with Crippen molar-refractivity contribution in [3.63, 3.8) is 0 Å². The van der Waals surface area contributed by atoms with Crippen LogP contribution in [-0.4, -0.2) is 9.97 Å². The van der Waals surface area contributed by atoms with Crippen molar-refractivity contribution in [3.8, 4) is 0 Å². The standard InChI is InChI=1S/C15H17Br2N3/c1-9(2)15-19-13(17)8-14(20-15)18-10(3)11-5-4-6-12(16)7-11/h4-10H,1-3H3,(H,18,19,20). The average molecular weight is 399 g/mol. The molecule has 0 radical (unpaired) electrons. The lowest BCUT2D eigenvalue weighted by Gasteiger charge is -2.16. The van der Waals surface area contributed by atoms with Crippen LogP contribution in [0.2, 0.25) is 0 Å². The lowest BCUT2D eigenvalue weighted by Crippen LogP contribution is -2.10. The summed E-state index contributed by atoms with van der Waals surface area (Å²) >= 11 is 6.94. The quantitative estimate of drug-likeness (QED) is 0.710. The molecule has 5 heteroatoms. The van der Waals surface area contributed by atoms with Crippen LogP contribution in [0.1, 0.15) is 44.1 Å². The summed E-state index contributed by atoms with van der Waals surface area (Å²) in [5.41, 5.74) is 1.21. The molecule has 1 unspecified atom stereocenters. The Balaban J connectivity index is 2.21. The van der Waals surface area contributed by atoms with E-state index in [0.29, 0.717) is 5.92 Å². The van der Waals surface area contributed by atoms with Gasteiger partial charge in [-0.05, 0) is 40.5 Å². The number of rotatable bonds is 4. The van der Waals surface area contributed by atoms with E-state index in [2.05, 4.69) is 80.0 Å². The van der Waals surface area contributed by atoms with Crippen LogP contribution in [0, 0.1) is 0 Å². The van der Waals surface area contributed by atoms with Gasteiger partial charge in [-0.1, -0.05) is 41.9 Å². The van der Waals surface area contributed by atoms with E-state index in [0.717, 1.165) is 20.7 Å². The summed E-state index contributed by atoms with van der Waals surface area (Å²) in [4.78, 5) is 8.94. The molecule has 0 aliphatic rings. The third-order valence-corrected chi connectivity index (χ3v) is 3.84. The average Bonchev–Trinajstić information content (AvgIpc) is 2.37. The molecular formula is C15H17Br2N3. The number of benzene rings is 1. The summed E-state index contributed by atoms with van der Waals surface area (Å²) in [5.74, 6) is 1.97. The monoisotopic (exact) mass is 397 g/mol. The number of nitrogens with zero attached hydrogens (tertiary/aromatic N) is 2. The first-order valence-electron chi connectivity index (χ1n) is 6.52. The molecule has 1 aromatic heterocycles. The zero-order chi connectivity index (χ0) is 14.7. The van der Waals surface area contributed by atoms with Gasteiger partial charge in [0.2, 0.25) is 0 Å². The Hall–Kier alpha value is -0.940. The van der Waals surface area contributed by atoms with E-state index in [1.54, 1.807) is 0 Å². The normalized spacial score (nSPS) is 12.5. The van der Waals surface area contributed by atoms with Gasteiger partial charge >= 0.3 is 0 Å². The van der Waals surface area contributed by atoms with Crippen molar-refractivity contribution < 1.29 is 0 Å². The second-order valence-electron chi connectivity index (χ2n) is 5.01. The molecule has 1 aromatic carbocycles. The number of hydrogen-bond donors (Lipinski definition) is 1. The Kier molecular flexibility index (Phi) is 5.16. The fraction of sp³-hybridized carbons (Fsp3) is 0.333. The summed E-state index contributed by atoms with van der Waals surface area (Å²) in [6, 6.07) is 10.3. The molecule has 1 heterocycles. The van der Waals surface area contributed by atoms with Crippen molar-refractivity contribution in [2.75, 3.05) is 5.32 Å². The highest BCUT2D eigenvalue weighted by Gasteiger charge is 2.10. The van der Waals surface area contributed by atoms with E-state index in [-0.39, 0.29) is 6.04 Å². The molecular weight excluding hydrogens is 382 g/mol. The molecule has 2 rings (SSSR count). The van der Waals surface area contributed by atoms with Gasteiger partial charge in [-0.2, -0.15) is 0 Å². The maximum absolute atomic E-state index is 4.56. The van der Waals surface area contributed by atoms with Crippen molar-refractivity contribution in [2.24, 2.45) is 0 Å². The number of anilines is 1. The third-order valence-electron chi connectivity index (χ3n) is 2.94. The highest BCUT2D eigenvalue weighted by Crippen LogP contribution is 2.23. The van der Waals surface area contributed by atoms with Crippen molar-refractivity contribution in [3.05, 3.63) is 50.8 Å². The van der Waals surface area contributed by atoms with Gasteiger partial charge in [0.1, 0.15) is 16.2 Å². The Morgan fingerprint density at radius 3 is 2.45 bits per heavy atom. The van der Waals surface area contributed by atoms with E-state index in [1.165, 1.54) is 5.56 Å². The van der Waals surface area contributed by atoms with Crippen LogP contribution in [0.3, 0.4) is 0 Å². The summed E-state index contributed by atoms with van der Waals surface area (Å²) in [5, 5.41) is 3.42. The maximum atomic E-state index is 4.56. The van der Waals surface area contributed by atoms with Gasteiger partial charge in [0.05, 0.1) is 0 Å². The van der Waals surface area contributed by atoms with Crippen LogP contribution in [0.15, 0.2) is 39.4 Å². The number of halogens is 2. The molecule has 0 aliphatic carbocycles. The molecule has 0 saturated carbocycles. The minimum absolute atomic E-state index is 0.175. The first-order valence-corrected chi connectivity index (χ1v) is 8.11. The zero-order valence-corrected chi connectivity index (χ0v) is 14.9. The van der Waals surface area contributed by atoms with Crippen LogP contribution < -0.4 is 5.32 Å². The van der Waals surface area contributed by atoms with Crippen LogP contribution in [0.5, 0.6) is 0 Å². The molecule has 3 nitrogen and oxygen atoms in total. The molecule has 2 aromatic rings. The first kappa shape index (κ1) is 15.4. The third kappa shape index (κ3) is 4.03. The predicted octanol–water partition coefficient (Wildman–Crippen LogP) is 5.30. The molecule has 0 spiro atoms. The minimum Gasteiger partial charge on any atom is -0.363 e. The van der Waals surface area contributed by atoms with Crippen molar-refractivity contribution in [1.29, 1.82) is 0 Å². The summed E-state index contributed by atoms with van der Waals surface area (Å²) in [7, 11) is 0. The smallest absolute Gasteiger partial charge is 0.134 e. The summed E-state index contributed by atoms with van der Waals surface area (Å²) < 4.78 is 1.88. The van der Waals surface area contributed by atoms with Crippen molar-refractivity contribution in [2.45, 2.75) is 32.7 Å². The molecule has 20 heavy (non-hydrogen) atoms. The van der Waals surface area contributed by atoms with Crippen LogP contribution in [0.4, 0.5) is 5.82 Å².